The summed E-state index contributed by atoms with van der Waals surface area (Å²) in [5.74, 6) is -0.221. The number of hydrogen-bond donors (Lipinski definition) is 1. The molecule has 0 radical (unpaired) electrons. The second-order valence-electron chi connectivity index (χ2n) is 6.62. The summed E-state index contributed by atoms with van der Waals surface area (Å²) in [4.78, 5) is 14.2. The van der Waals surface area contributed by atoms with E-state index in [1.165, 1.54) is 11.2 Å². The number of alkyl halides is 3. The molecule has 8 heteroatoms. The molecule has 5 nitrogen and oxygen atoms in total. The maximum absolute atomic E-state index is 12.9. The van der Waals surface area contributed by atoms with E-state index in [9.17, 15) is 18.0 Å². The first kappa shape index (κ1) is 17.8. The third kappa shape index (κ3) is 4.04. The van der Waals surface area contributed by atoms with Gasteiger partial charge in [-0.15, -0.1) is 0 Å². The van der Waals surface area contributed by atoms with Crippen molar-refractivity contribution >= 4 is 5.91 Å². The first-order valence-corrected chi connectivity index (χ1v) is 7.60. The molecule has 23 heavy (non-hydrogen) atoms. The first-order chi connectivity index (χ1) is 10.6. The minimum atomic E-state index is -4.29. The third-order valence-electron chi connectivity index (χ3n) is 4.44. The molecule has 1 fully saturated rings. The molecule has 0 spiro atoms. The number of halogens is 3. The van der Waals surface area contributed by atoms with Crippen LogP contribution in [0.1, 0.15) is 38.8 Å². The van der Waals surface area contributed by atoms with Gasteiger partial charge in [-0.3, -0.25) is 4.79 Å². The lowest BCUT2D eigenvalue weighted by Gasteiger charge is -2.41. The molecular formula is C15H22F3N3O2. The Labute approximate surface area is 133 Å². The zero-order valence-corrected chi connectivity index (χ0v) is 13.5. The van der Waals surface area contributed by atoms with Crippen molar-refractivity contribution in [3.63, 3.8) is 0 Å². The fraction of sp³-hybridized carbons (Fsp3) is 0.733. The number of hydrogen-bond acceptors (Lipinski definition) is 4. The van der Waals surface area contributed by atoms with Crippen molar-refractivity contribution in [2.45, 2.75) is 57.9 Å². The van der Waals surface area contributed by atoms with Crippen molar-refractivity contribution in [2.24, 2.45) is 5.41 Å². The van der Waals surface area contributed by atoms with E-state index in [4.69, 9.17) is 4.52 Å². The molecule has 2 rings (SSSR count). The largest absolute Gasteiger partial charge is 0.403 e. The van der Waals surface area contributed by atoms with Crippen molar-refractivity contribution in [2.75, 3.05) is 7.05 Å². The summed E-state index contributed by atoms with van der Waals surface area (Å²) >= 11 is 0. The quantitative estimate of drug-likeness (QED) is 0.920. The molecule has 1 amide bonds. The Balaban J connectivity index is 2.05. The van der Waals surface area contributed by atoms with E-state index in [0.29, 0.717) is 18.5 Å². The molecule has 2 heterocycles. The molecule has 130 valence electrons. The van der Waals surface area contributed by atoms with Gasteiger partial charge in [0.2, 0.25) is 5.91 Å². The van der Waals surface area contributed by atoms with Crippen LogP contribution in [-0.4, -0.2) is 41.3 Å². The SMILES string of the molecule is CN(Cc1ccon1)C(=O)C(C)(C)[C@@H]1CCC[C@H](C(F)(F)F)N1. The van der Waals surface area contributed by atoms with E-state index in [1.807, 2.05) is 0 Å². The molecule has 0 aromatic carbocycles. The summed E-state index contributed by atoms with van der Waals surface area (Å²) in [6.07, 6.45) is -1.83. The second kappa shape index (κ2) is 6.51. The fourth-order valence-corrected chi connectivity index (χ4v) is 3.04. The predicted molar refractivity (Wildman–Crippen MR) is 77.4 cm³/mol. The lowest BCUT2D eigenvalue weighted by atomic mass is 9.77. The molecule has 1 aliphatic heterocycles. The predicted octanol–water partition coefficient (Wildman–Crippen LogP) is 2.73. The van der Waals surface area contributed by atoms with Crippen LogP contribution in [0.4, 0.5) is 13.2 Å². The highest BCUT2D eigenvalue weighted by Gasteiger charge is 2.47. The Morgan fingerprint density at radius 2 is 2.04 bits per heavy atom. The van der Waals surface area contributed by atoms with Gasteiger partial charge in [-0.2, -0.15) is 13.2 Å². The Morgan fingerprint density at radius 1 is 1.39 bits per heavy atom. The van der Waals surface area contributed by atoms with E-state index in [0.717, 1.165) is 0 Å². The van der Waals surface area contributed by atoms with Gasteiger partial charge < -0.3 is 14.7 Å². The van der Waals surface area contributed by atoms with Crippen molar-refractivity contribution in [1.29, 1.82) is 0 Å². The topological polar surface area (TPSA) is 58.4 Å². The highest BCUT2D eigenvalue weighted by molar-refractivity contribution is 5.82. The standard InChI is InChI=1S/C15H22F3N3O2/c1-14(2,11-5-4-6-12(19-11)15(16,17)18)13(22)21(3)9-10-7-8-23-20-10/h7-8,11-12,19H,4-6,9H2,1-3H3/t11-,12+/m0/s1. The molecule has 1 aromatic rings. The van der Waals surface area contributed by atoms with Crippen molar-refractivity contribution in [3.8, 4) is 0 Å². The minimum absolute atomic E-state index is 0.0546. The van der Waals surface area contributed by atoms with E-state index < -0.39 is 23.7 Å². The molecule has 1 saturated heterocycles. The van der Waals surface area contributed by atoms with Crippen LogP contribution in [0, 0.1) is 5.41 Å². The molecule has 0 unspecified atom stereocenters. The minimum Gasteiger partial charge on any atom is -0.364 e. The van der Waals surface area contributed by atoms with Gasteiger partial charge in [0.05, 0.1) is 12.0 Å². The van der Waals surface area contributed by atoms with Gasteiger partial charge in [-0.25, -0.2) is 0 Å². The van der Waals surface area contributed by atoms with Crippen LogP contribution >= 0.6 is 0 Å². The Morgan fingerprint density at radius 3 is 2.61 bits per heavy atom. The van der Waals surface area contributed by atoms with E-state index >= 15 is 0 Å². The number of piperidine rings is 1. The van der Waals surface area contributed by atoms with E-state index in [2.05, 4.69) is 10.5 Å². The van der Waals surface area contributed by atoms with Gasteiger partial charge in [0, 0.05) is 19.2 Å². The Kier molecular flexibility index (Phi) is 5.03. The van der Waals surface area contributed by atoms with E-state index in [-0.39, 0.29) is 18.9 Å². The van der Waals surface area contributed by atoms with Crippen LogP contribution in [0.25, 0.3) is 0 Å². The smallest absolute Gasteiger partial charge is 0.364 e. The lowest BCUT2D eigenvalue weighted by Crippen LogP contribution is -2.58. The van der Waals surface area contributed by atoms with Crippen LogP contribution in [0.5, 0.6) is 0 Å². The number of carbonyl (C=O) groups excluding carboxylic acids is 1. The maximum Gasteiger partial charge on any atom is 0.403 e. The second-order valence-corrected chi connectivity index (χ2v) is 6.62. The monoisotopic (exact) mass is 333 g/mol. The summed E-state index contributed by atoms with van der Waals surface area (Å²) in [7, 11) is 1.61. The maximum atomic E-state index is 12.9. The number of nitrogens with zero attached hydrogens (tertiary/aromatic N) is 2. The molecule has 1 aliphatic rings. The number of nitrogens with one attached hydrogen (secondary N) is 1. The van der Waals surface area contributed by atoms with Crippen LogP contribution in [0.15, 0.2) is 16.9 Å². The zero-order valence-electron chi connectivity index (χ0n) is 13.5. The van der Waals surface area contributed by atoms with Crippen LogP contribution in [0.3, 0.4) is 0 Å². The molecule has 1 aromatic heterocycles. The number of amides is 1. The van der Waals surface area contributed by atoms with Gasteiger partial charge >= 0.3 is 6.18 Å². The third-order valence-corrected chi connectivity index (χ3v) is 4.44. The Hall–Kier alpha value is -1.57. The molecule has 0 saturated carbocycles. The van der Waals surface area contributed by atoms with Crippen molar-refractivity contribution < 1.29 is 22.5 Å². The number of carbonyl (C=O) groups is 1. The average molecular weight is 333 g/mol. The molecular weight excluding hydrogens is 311 g/mol. The van der Waals surface area contributed by atoms with Crippen LogP contribution < -0.4 is 5.32 Å². The van der Waals surface area contributed by atoms with Crippen molar-refractivity contribution in [1.82, 2.24) is 15.4 Å². The van der Waals surface area contributed by atoms with Gasteiger partial charge in [0.15, 0.2) is 0 Å². The van der Waals surface area contributed by atoms with Crippen LogP contribution in [-0.2, 0) is 11.3 Å². The summed E-state index contributed by atoms with van der Waals surface area (Å²) < 4.78 is 43.5. The highest BCUT2D eigenvalue weighted by Crippen LogP contribution is 2.35. The van der Waals surface area contributed by atoms with Gasteiger partial charge in [-0.05, 0) is 33.1 Å². The summed E-state index contributed by atoms with van der Waals surface area (Å²) in [5, 5.41) is 6.37. The molecule has 1 N–H and O–H groups in total. The fourth-order valence-electron chi connectivity index (χ4n) is 3.04. The van der Waals surface area contributed by atoms with Crippen LogP contribution in [0.2, 0.25) is 0 Å². The lowest BCUT2D eigenvalue weighted by molar-refractivity contribution is -0.168. The number of rotatable bonds is 4. The number of aromatic nitrogens is 1. The van der Waals surface area contributed by atoms with Crippen molar-refractivity contribution in [3.05, 3.63) is 18.0 Å². The first-order valence-electron chi connectivity index (χ1n) is 7.60. The summed E-state index contributed by atoms with van der Waals surface area (Å²) in [5.41, 5.74) is -0.344. The van der Waals surface area contributed by atoms with Gasteiger partial charge in [-0.1, -0.05) is 5.16 Å². The molecule has 2 atom stereocenters. The normalized spacial score (nSPS) is 22.9. The van der Waals surface area contributed by atoms with E-state index in [1.54, 1.807) is 27.0 Å². The molecule has 0 bridgehead atoms. The van der Waals surface area contributed by atoms with Gasteiger partial charge in [0.25, 0.3) is 0 Å². The average Bonchev–Trinajstić information content (AvgIpc) is 2.98. The van der Waals surface area contributed by atoms with Gasteiger partial charge in [0.1, 0.15) is 18.0 Å². The Bertz CT molecular complexity index is 529. The highest BCUT2D eigenvalue weighted by atomic mass is 19.4. The summed E-state index contributed by atoms with van der Waals surface area (Å²) in [6.45, 7) is 3.63. The zero-order chi connectivity index (χ0) is 17.3. The summed E-state index contributed by atoms with van der Waals surface area (Å²) in [6, 6.07) is -0.417. The molecule has 0 aliphatic carbocycles.